The minimum atomic E-state index is 1.06. The van der Waals surface area contributed by atoms with E-state index in [2.05, 4.69) is 29.7 Å². The van der Waals surface area contributed by atoms with E-state index in [9.17, 15) is 0 Å². The normalized spacial score (nSPS) is 15.4. The van der Waals surface area contributed by atoms with Gasteiger partial charge in [-0.25, -0.2) is 0 Å². The van der Waals surface area contributed by atoms with Crippen molar-refractivity contribution in [1.29, 1.82) is 0 Å². The monoisotopic (exact) mass is 176 g/mol. The summed E-state index contributed by atoms with van der Waals surface area (Å²) in [6, 6.07) is 0. The molecule has 0 atom stereocenters. The summed E-state index contributed by atoms with van der Waals surface area (Å²) in [7, 11) is 0. The number of rotatable bonds is 2. The Morgan fingerprint density at radius 2 is 2.31 bits per heavy atom. The van der Waals surface area contributed by atoms with Crippen LogP contribution in [0.5, 0.6) is 0 Å². The molecule has 0 bridgehead atoms. The van der Waals surface area contributed by atoms with Gasteiger partial charge < -0.3 is 0 Å². The molecule has 0 amide bonds. The zero-order chi connectivity index (χ0) is 9.26. The van der Waals surface area contributed by atoms with Crippen LogP contribution in [-0.2, 0) is 13.0 Å². The minimum absolute atomic E-state index is 1.06. The van der Waals surface area contributed by atoms with Crippen LogP contribution in [0.3, 0.4) is 0 Å². The topological polar surface area (TPSA) is 17.8 Å². The van der Waals surface area contributed by atoms with Crippen molar-refractivity contribution in [2.75, 3.05) is 0 Å². The highest BCUT2D eigenvalue weighted by Crippen LogP contribution is 2.23. The standard InChI is InChI=1S/C11H16N2/c1-3-6-13-11-5-4-9(2)7-10(11)8-12-13/h7-8H,3-6H2,1-2H3. The van der Waals surface area contributed by atoms with Gasteiger partial charge in [0, 0.05) is 17.8 Å². The molecule has 1 aromatic rings. The molecule has 0 N–H and O–H groups in total. The summed E-state index contributed by atoms with van der Waals surface area (Å²) in [5, 5.41) is 4.39. The fourth-order valence-electron chi connectivity index (χ4n) is 1.88. The van der Waals surface area contributed by atoms with Crippen molar-refractivity contribution >= 4 is 6.08 Å². The molecule has 0 saturated heterocycles. The van der Waals surface area contributed by atoms with Crippen LogP contribution in [0.4, 0.5) is 0 Å². The smallest absolute Gasteiger partial charge is 0.0565 e. The highest BCUT2D eigenvalue weighted by atomic mass is 15.3. The van der Waals surface area contributed by atoms with Gasteiger partial charge in [-0.15, -0.1) is 0 Å². The van der Waals surface area contributed by atoms with Gasteiger partial charge in [0.05, 0.1) is 6.20 Å². The Hall–Kier alpha value is -1.05. The first kappa shape index (κ1) is 8.54. The summed E-state index contributed by atoms with van der Waals surface area (Å²) in [4.78, 5) is 0. The summed E-state index contributed by atoms with van der Waals surface area (Å²) in [5.74, 6) is 0. The number of aryl methyl sites for hydroxylation is 1. The second kappa shape index (κ2) is 3.36. The molecule has 2 nitrogen and oxygen atoms in total. The second-order valence-electron chi connectivity index (χ2n) is 3.76. The van der Waals surface area contributed by atoms with E-state index in [0.717, 1.165) is 19.4 Å². The Morgan fingerprint density at radius 3 is 3.08 bits per heavy atom. The maximum Gasteiger partial charge on any atom is 0.0565 e. The molecule has 1 aliphatic rings. The Morgan fingerprint density at radius 1 is 1.46 bits per heavy atom. The van der Waals surface area contributed by atoms with E-state index >= 15 is 0 Å². The van der Waals surface area contributed by atoms with E-state index in [1.165, 1.54) is 23.3 Å². The highest BCUT2D eigenvalue weighted by molar-refractivity contribution is 5.56. The summed E-state index contributed by atoms with van der Waals surface area (Å²) in [6.45, 7) is 5.44. The molecule has 0 fully saturated rings. The predicted molar refractivity (Wildman–Crippen MR) is 54.5 cm³/mol. The third-order valence-corrected chi connectivity index (χ3v) is 2.57. The van der Waals surface area contributed by atoms with Gasteiger partial charge in [-0.3, -0.25) is 4.68 Å². The fourth-order valence-corrected chi connectivity index (χ4v) is 1.88. The molecule has 1 aromatic heterocycles. The lowest BCUT2D eigenvalue weighted by Crippen LogP contribution is -2.07. The van der Waals surface area contributed by atoms with Crippen LogP contribution in [0, 0.1) is 0 Å². The Balaban J connectivity index is 2.34. The largest absolute Gasteiger partial charge is 0.269 e. The van der Waals surface area contributed by atoms with Crippen LogP contribution in [0.25, 0.3) is 6.08 Å². The SMILES string of the molecule is CCCn1ncc2c1CCC(C)=C2. The minimum Gasteiger partial charge on any atom is -0.269 e. The molecule has 1 aliphatic carbocycles. The number of hydrogen-bond donors (Lipinski definition) is 0. The number of nitrogens with zero attached hydrogens (tertiary/aromatic N) is 2. The summed E-state index contributed by atoms with van der Waals surface area (Å²) in [6.07, 6.45) is 7.78. The fraction of sp³-hybridized carbons (Fsp3) is 0.545. The van der Waals surface area contributed by atoms with Crippen LogP contribution < -0.4 is 0 Å². The third kappa shape index (κ3) is 1.53. The highest BCUT2D eigenvalue weighted by Gasteiger charge is 2.12. The quantitative estimate of drug-likeness (QED) is 0.677. The predicted octanol–water partition coefficient (Wildman–Crippen LogP) is 2.64. The van der Waals surface area contributed by atoms with E-state index in [1.54, 1.807) is 0 Å². The molecule has 1 heterocycles. The van der Waals surface area contributed by atoms with Crippen molar-refractivity contribution < 1.29 is 0 Å². The van der Waals surface area contributed by atoms with Gasteiger partial charge in [-0.1, -0.05) is 18.6 Å². The van der Waals surface area contributed by atoms with Gasteiger partial charge in [-0.2, -0.15) is 5.10 Å². The molecule has 0 spiro atoms. The number of hydrogen-bond acceptors (Lipinski definition) is 1. The van der Waals surface area contributed by atoms with Crippen LogP contribution >= 0.6 is 0 Å². The molecule has 0 radical (unpaired) electrons. The van der Waals surface area contributed by atoms with E-state index in [0.29, 0.717) is 0 Å². The zero-order valence-corrected chi connectivity index (χ0v) is 8.38. The first-order valence-electron chi connectivity index (χ1n) is 5.03. The van der Waals surface area contributed by atoms with E-state index in [-0.39, 0.29) is 0 Å². The molecule has 0 unspecified atom stereocenters. The number of allylic oxidation sites excluding steroid dienone is 1. The van der Waals surface area contributed by atoms with Crippen LogP contribution in [0.15, 0.2) is 11.8 Å². The van der Waals surface area contributed by atoms with Gasteiger partial charge in [0.25, 0.3) is 0 Å². The maximum absolute atomic E-state index is 4.39. The van der Waals surface area contributed by atoms with E-state index in [4.69, 9.17) is 0 Å². The average molecular weight is 176 g/mol. The van der Waals surface area contributed by atoms with Gasteiger partial charge in [0.15, 0.2) is 0 Å². The molecular formula is C11H16N2. The lowest BCUT2D eigenvalue weighted by atomic mass is 9.99. The van der Waals surface area contributed by atoms with Crippen molar-refractivity contribution in [2.24, 2.45) is 0 Å². The molecule has 70 valence electrons. The Labute approximate surface area is 79.3 Å². The summed E-state index contributed by atoms with van der Waals surface area (Å²) >= 11 is 0. The lowest BCUT2D eigenvalue weighted by Gasteiger charge is -2.12. The van der Waals surface area contributed by atoms with Gasteiger partial charge in [0.2, 0.25) is 0 Å². The van der Waals surface area contributed by atoms with Gasteiger partial charge >= 0.3 is 0 Å². The Bertz CT molecular complexity index is 334. The molecule has 0 saturated carbocycles. The first-order valence-corrected chi connectivity index (χ1v) is 5.03. The van der Waals surface area contributed by atoms with Gasteiger partial charge in [-0.05, 0) is 26.2 Å². The molecule has 0 aliphatic heterocycles. The van der Waals surface area contributed by atoms with E-state index < -0.39 is 0 Å². The van der Waals surface area contributed by atoms with Crippen molar-refractivity contribution in [3.63, 3.8) is 0 Å². The summed E-state index contributed by atoms with van der Waals surface area (Å²) < 4.78 is 2.15. The zero-order valence-electron chi connectivity index (χ0n) is 8.38. The van der Waals surface area contributed by atoms with Crippen LogP contribution in [0.1, 0.15) is 37.9 Å². The number of aromatic nitrogens is 2. The maximum atomic E-state index is 4.39. The van der Waals surface area contributed by atoms with E-state index in [1.807, 2.05) is 6.20 Å². The average Bonchev–Trinajstić information content (AvgIpc) is 2.49. The molecule has 0 aromatic carbocycles. The first-order chi connectivity index (χ1) is 6.31. The second-order valence-corrected chi connectivity index (χ2v) is 3.76. The number of fused-ring (bicyclic) bond motifs is 1. The van der Waals surface area contributed by atoms with Crippen molar-refractivity contribution in [2.45, 2.75) is 39.7 Å². The Kier molecular flexibility index (Phi) is 2.21. The van der Waals surface area contributed by atoms with Crippen molar-refractivity contribution in [3.05, 3.63) is 23.0 Å². The van der Waals surface area contributed by atoms with Crippen molar-refractivity contribution in [3.8, 4) is 0 Å². The van der Waals surface area contributed by atoms with Gasteiger partial charge in [0.1, 0.15) is 0 Å². The molecule has 13 heavy (non-hydrogen) atoms. The van der Waals surface area contributed by atoms with Crippen LogP contribution in [0.2, 0.25) is 0 Å². The summed E-state index contributed by atoms with van der Waals surface area (Å²) in [5.41, 5.74) is 4.23. The van der Waals surface area contributed by atoms with Crippen LogP contribution in [-0.4, -0.2) is 9.78 Å². The molecular weight excluding hydrogens is 160 g/mol. The molecule has 2 heteroatoms. The lowest BCUT2D eigenvalue weighted by molar-refractivity contribution is 0.571. The van der Waals surface area contributed by atoms with Crippen molar-refractivity contribution in [1.82, 2.24) is 9.78 Å². The molecule has 2 rings (SSSR count). The third-order valence-electron chi connectivity index (χ3n) is 2.57.